The number of nitrogens with zero attached hydrogens (tertiary/aromatic N) is 2. The van der Waals surface area contributed by atoms with Crippen molar-refractivity contribution in [2.75, 3.05) is 18.0 Å². The molecule has 10 heteroatoms. The molecule has 0 aliphatic heterocycles. The van der Waals surface area contributed by atoms with Crippen LogP contribution in [-0.2, 0) is 32.6 Å². The van der Waals surface area contributed by atoms with E-state index < -0.39 is 34.3 Å². The Kier molecular flexibility index (Phi) is 11.0. The van der Waals surface area contributed by atoms with Crippen LogP contribution in [0.25, 0.3) is 0 Å². The van der Waals surface area contributed by atoms with Gasteiger partial charge in [-0.2, -0.15) is 0 Å². The smallest absolute Gasteiger partial charge is 0.264 e. The minimum atomic E-state index is -4.32. The van der Waals surface area contributed by atoms with E-state index in [-0.39, 0.29) is 35.5 Å². The fourth-order valence-corrected chi connectivity index (χ4v) is 6.37. The summed E-state index contributed by atoms with van der Waals surface area (Å²) < 4.78 is 48.2. The molecule has 2 amide bonds. The van der Waals surface area contributed by atoms with Gasteiger partial charge in [0.1, 0.15) is 24.2 Å². The summed E-state index contributed by atoms with van der Waals surface area (Å²) in [7, 11) is -2.85. The maximum Gasteiger partial charge on any atom is 0.264 e. The van der Waals surface area contributed by atoms with Crippen molar-refractivity contribution in [2.45, 2.75) is 50.7 Å². The lowest BCUT2D eigenvalue weighted by molar-refractivity contribution is -0.140. The molecule has 4 aromatic carbocycles. The van der Waals surface area contributed by atoms with Gasteiger partial charge >= 0.3 is 0 Å². The first-order valence-corrected chi connectivity index (χ1v) is 16.0. The van der Waals surface area contributed by atoms with Crippen LogP contribution in [-0.4, -0.2) is 50.9 Å². The molecular formula is C35H38FN3O5S. The zero-order chi connectivity index (χ0) is 32.6. The Bertz CT molecular complexity index is 1700. The summed E-state index contributed by atoms with van der Waals surface area (Å²) in [6.45, 7) is 5.03. The highest BCUT2D eigenvalue weighted by molar-refractivity contribution is 7.92. The zero-order valence-corrected chi connectivity index (χ0v) is 26.6. The quantitative estimate of drug-likeness (QED) is 0.210. The van der Waals surface area contributed by atoms with Gasteiger partial charge in [-0.3, -0.25) is 13.9 Å². The van der Waals surface area contributed by atoms with Gasteiger partial charge in [0.25, 0.3) is 10.0 Å². The van der Waals surface area contributed by atoms with Gasteiger partial charge in [-0.1, -0.05) is 60.2 Å². The maximum absolute atomic E-state index is 14.4. The van der Waals surface area contributed by atoms with Gasteiger partial charge in [0.2, 0.25) is 11.8 Å². The lowest BCUT2D eigenvalue weighted by atomic mass is 10.0. The number of sulfonamides is 1. The average Bonchev–Trinajstić information content (AvgIpc) is 3.02. The van der Waals surface area contributed by atoms with Crippen LogP contribution in [0.15, 0.2) is 108 Å². The molecule has 0 aliphatic carbocycles. The average molecular weight is 632 g/mol. The molecule has 0 unspecified atom stereocenters. The number of amides is 2. The van der Waals surface area contributed by atoms with Crippen LogP contribution in [0.1, 0.15) is 30.5 Å². The minimum absolute atomic E-state index is 0.0589. The fourth-order valence-electron chi connectivity index (χ4n) is 4.95. The first kappa shape index (κ1) is 33.2. The van der Waals surface area contributed by atoms with Crippen molar-refractivity contribution >= 4 is 27.5 Å². The second kappa shape index (κ2) is 14.9. The molecule has 8 nitrogen and oxygen atoms in total. The Morgan fingerprint density at radius 2 is 1.51 bits per heavy atom. The number of carbonyl (C=O) groups excluding carboxylic acids is 2. The zero-order valence-electron chi connectivity index (χ0n) is 25.8. The third kappa shape index (κ3) is 8.69. The molecule has 0 aliphatic rings. The molecular weight excluding hydrogens is 593 g/mol. The van der Waals surface area contributed by atoms with E-state index in [1.165, 1.54) is 48.4 Å². The number of rotatable bonds is 13. The molecule has 236 valence electrons. The number of carbonyl (C=O) groups is 2. The molecule has 0 spiro atoms. The number of aryl methyl sites for hydroxylation is 1. The second-order valence-electron chi connectivity index (χ2n) is 11.0. The second-order valence-corrected chi connectivity index (χ2v) is 12.9. The van der Waals surface area contributed by atoms with Crippen LogP contribution in [0.2, 0.25) is 0 Å². The van der Waals surface area contributed by atoms with E-state index in [1.54, 1.807) is 0 Å². The van der Waals surface area contributed by atoms with Gasteiger partial charge in [-0.25, -0.2) is 12.8 Å². The molecule has 1 atom stereocenters. The summed E-state index contributed by atoms with van der Waals surface area (Å²) in [5.41, 5.74) is 2.69. The summed E-state index contributed by atoms with van der Waals surface area (Å²) in [5.74, 6) is -1.05. The standard InChI is InChI=1S/C35H38FN3O5S/c1-25(2)37-35(41)33(22-27-10-6-5-7-11-27)38(23-28-12-8-9-26(3)21-28)34(40)24-39(30-15-13-29(36)14-16-30)45(42,43)32-19-17-31(44-4)18-20-32/h5-21,25,33H,22-24H2,1-4H3,(H,37,41)/t33-/m1/s1. The van der Waals surface area contributed by atoms with E-state index in [4.69, 9.17) is 4.74 Å². The van der Waals surface area contributed by atoms with E-state index in [2.05, 4.69) is 5.32 Å². The first-order valence-electron chi connectivity index (χ1n) is 14.6. The van der Waals surface area contributed by atoms with Crippen molar-refractivity contribution in [3.05, 3.63) is 126 Å². The normalized spacial score (nSPS) is 12.0. The van der Waals surface area contributed by atoms with E-state index in [0.717, 1.165) is 33.1 Å². The van der Waals surface area contributed by atoms with Crippen LogP contribution in [0, 0.1) is 12.7 Å². The van der Waals surface area contributed by atoms with E-state index in [9.17, 15) is 22.4 Å². The highest BCUT2D eigenvalue weighted by Gasteiger charge is 2.35. The van der Waals surface area contributed by atoms with Crippen molar-refractivity contribution < 1.29 is 27.1 Å². The van der Waals surface area contributed by atoms with Gasteiger partial charge in [0.15, 0.2) is 0 Å². The lowest BCUT2D eigenvalue weighted by Gasteiger charge is -2.34. The highest BCUT2D eigenvalue weighted by atomic mass is 32.2. The monoisotopic (exact) mass is 631 g/mol. The number of ether oxygens (including phenoxy) is 1. The number of benzene rings is 4. The number of halogens is 1. The number of nitrogens with one attached hydrogen (secondary N) is 1. The molecule has 0 saturated heterocycles. The Labute approximate surface area is 264 Å². The molecule has 0 bridgehead atoms. The van der Waals surface area contributed by atoms with Crippen LogP contribution in [0.4, 0.5) is 10.1 Å². The van der Waals surface area contributed by atoms with E-state index in [0.29, 0.717) is 5.75 Å². The fraction of sp³-hybridized carbons (Fsp3) is 0.257. The van der Waals surface area contributed by atoms with Crippen molar-refractivity contribution in [3.8, 4) is 5.75 Å². The first-order chi connectivity index (χ1) is 21.5. The minimum Gasteiger partial charge on any atom is -0.497 e. The number of methoxy groups -OCH3 is 1. The molecule has 4 aromatic rings. The molecule has 0 heterocycles. The maximum atomic E-state index is 14.4. The lowest BCUT2D eigenvalue weighted by Crippen LogP contribution is -2.54. The highest BCUT2D eigenvalue weighted by Crippen LogP contribution is 2.27. The van der Waals surface area contributed by atoms with Crippen LogP contribution < -0.4 is 14.4 Å². The van der Waals surface area contributed by atoms with Crippen molar-refractivity contribution in [2.24, 2.45) is 0 Å². The molecule has 0 fully saturated rings. The number of hydrogen-bond donors (Lipinski definition) is 1. The third-order valence-corrected chi connectivity index (χ3v) is 8.97. The van der Waals surface area contributed by atoms with Gasteiger partial charge in [-0.05, 0) is 80.4 Å². The number of anilines is 1. The Morgan fingerprint density at radius 1 is 0.867 bits per heavy atom. The van der Waals surface area contributed by atoms with Gasteiger partial charge in [-0.15, -0.1) is 0 Å². The Morgan fingerprint density at radius 3 is 2.11 bits per heavy atom. The number of hydrogen-bond acceptors (Lipinski definition) is 5. The molecule has 1 N–H and O–H groups in total. The molecule has 0 aromatic heterocycles. The summed E-state index contributed by atoms with van der Waals surface area (Å²) >= 11 is 0. The van der Waals surface area contributed by atoms with Crippen molar-refractivity contribution in [1.82, 2.24) is 10.2 Å². The van der Waals surface area contributed by atoms with Gasteiger partial charge in [0, 0.05) is 19.0 Å². The van der Waals surface area contributed by atoms with E-state index >= 15 is 0 Å². The SMILES string of the molecule is COc1ccc(S(=O)(=O)N(CC(=O)N(Cc2cccc(C)c2)[C@H](Cc2ccccc2)C(=O)NC(C)C)c2ccc(F)cc2)cc1. The van der Waals surface area contributed by atoms with E-state index in [1.807, 2.05) is 75.4 Å². The van der Waals surface area contributed by atoms with Crippen molar-refractivity contribution in [3.63, 3.8) is 0 Å². The molecule has 4 rings (SSSR count). The topological polar surface area (TPSA) is 96.0 Å². The summed E-state index contributed by atoms with van der Waals surface area (Å²) in [6.07, 6.45) is 0.207. The summed E-state index contributed by atoms with van der Waals surface area (Å²) in [6, 6.07) is 26.4. The van der Waals surface area contributed by atoms with Crippen LogP contribution >= 0.6 is 0 Å². The van der Waals surface area contributed by atoms with Gasteiger partial charge in [0.05, 0.1) is 17.7 Å². The Hall–Kier alpha value is -4.70. The van der Waals surface area contributed by atoms with Crippen LogP contribution in [0.5, 0.6) is 5.75 Å². The molecule has 0 saturated carbocycles. The van der Waals surface area contributed by atoms with Crippen molar-refractivity contribution in [1.29, 1.82) is 0 Å². The molecule has 0 radical (unpaired) electrons. The van der Waals surface area contributed by atoms with Crippen LogP contribution in [0.3, 0.4) is 0 Å². The summed E-state index contributed by atoms with van der Waals surface area (Å²) in [5, 5.41) is 2.94. The third-order valence-electron chi connectivity index (χ3n) is 7.18. The Balaban J connectivity index is 1.80. The molecule has 45 heavy (non-hydrogen) atoms. The predicted molar refractivity (Wildman–Crippen MR) is 173 cm³/mol. The predicted octanol–water partition coefficient (Wildman–Crippen LogP) is 5.50. The largest absolute Gasteiger partial charge is 0.497 e. The summed E-state index contributed by atoms with van der Waals surface area (Å²) in [4.78, 5) is 29.5. The van der Waals surface area contributed by atoms with Gasteiger partial charge < -0.3 is 15.0 Å².